The summed E-state index contributed by atoms with van der Waals surface area (Å²) in [5.41, 5.74) is 0. The highest BCUT2D eigenvalue weighted by Gasteiger charge is 2.41. The van der Waals surface area contributed by atoms with Crippen LogP contribution in [0.3, 0.4) is 0 Å². The Morgan fingerprint density at radius 1 is 1.40 bits per heavy atom. The minimum atomic E-state index is 0.741. The number of hydrogen-bond acceptors (Lipinski definition) is 1. The van der Waals surface area contributed by atoms with Crippen molar-refractivity contribution in [2.75, 3.05) is 6.54 Å². The quantitative estimate of drug-likeness (QED) is 0.520. The van der Waals surface area contributed by atoms with E-state index in [-0.39, 0.29) is 0 Å². The second-order valence-electron chi connectivity index (χ2n) is 5.51. The second-order valence-corrected chi connectivity index (χ2v) is 5.51. The molecule has 0 radical (unpaired) electrons. The van der Waals surface area contributed by atoms with Gasteiger partial charge in [-0.3, -0.25) is 0 Å². The predicted molar refractivity (Wildman–Crippen MR) is 65.8 cm³/mol. The fourth-order valence-corrected chi connectivity index (χ4v) is 3.63. The van der Waals surface area contributed by atoms with Gasteiger partial charge in [-0.25, -0.2) is 0 Å². The highest BCUT2D eigenvalue weighted by Crippen LogP contribution is 2.49. The van der Waals surface area contributed by atoms with Crippen molar-refractivity contribution in [2.45, 2.75) is 51.5 Å². The highest BCUT2D eigenvalue weighted by atomic mass is 14.9. The normalized spacial score (nSPS) is 35.7. The largest absolute Gasteiger partial charge is 0.314 e. The molecular formula is C14H25N. The second kappa shape index (κ2) is 5.16. The molecule has 0 aromatic heterocycles. The molecule has 0 aromatic rings. The van der Waals surface area contributed by atoms with Gasteiger partial charge in [-0.1, -0.05) is 12.5 Å². The van der Waals surface area contributed by atoms with E-state index >= 15 is 0 Å². The molecule has 1 N–H and O–H groups in total. The van der Waals surface area contributed by atoms with E-state index in [2.05, 4.69) is 18.8 Å². The highest BCUT2D eigenvalue weighted by molar-refractivity contribution is 4.93. The van der Waals surface area contributed by atoms with Gasteiger partial charge in [0, 0.05) is 6.04 Å². The summed E-state index contributed by atoms with van der Waals surface area (Å²) in [5, 5.41) is 3.70. The van der Waals surface area contributed by atoms with Gasteiger partial charge in [-0.15, -0.1) is 6.58 Å². The SMILES string of the molecule is C=CCCCNC(C)C1CC2CCC1C2. The first kappa shape index (κ1) is 11.2. The topological polar surface area (TPSA) is 12.0 Å². The van der Waals surface area contributed by atoms with E-state index < -0.39 is 0 Å². The van der Waals surface area contributed by atoms with Crippen molar-refractivity contribution in [3.63, 3.8) is 0 Å². The van der Waals surface area contributed by atoms with Crippen LogP contribution in [0, 0.1) is 17.8 Å². The third kappa shape index (κ3) is 2.63. The Bertz CT molecular complexity index is 211. The Balaban J connectivity index is 1.67. The summed E-state index contributed by atoms with van der Waals surface area (Å²) in [7, 11) is 0. The average molecular weight is 207 g/mol. The fourth-order valence-electron chi connectivity index (χ4n) is 3.63. The summed E-state index contributed by atoms with van der Waals surface area (Å²) < 4.78 is 0. The van der Waals surface area contributed by atoms with E-state index in [1.165, 1.54) is 38.6 Å². The van der Waals surface area contributed by atoms with Gasteiger partial charge in [0.25, 0.3) is 0 Å². The van der Waals surface area contributed by atoms with Crippen molar-refractivity contribution in [1.82, 2.24) is 5.32 Å². The monoisotopic (exact) mass is 207 g/mol. The zero-order valence-corrected chi connectivity index (χ0v) is 10.0. The number of unbranched alkanes of at least 4 members (excludes halogenated alkanes) is 1. The van der Waals surface area contributed by atoms with Crippen LogP contribution in [-0.2, 0) is 0 Å². The van der Waals surface area contributed by atoms with Gasteiger partial charge in [-0.05, 0) is 63.3 Å². The van der Waals surface area contributed by atoms with E-state index in [0.717, 1.165) is 30.2 Å². The Hall–Kier alpha value is -0.300. The Morgan fingerprint density at radius 2 is 2.27 bits per heavy atom. The molecule has 0 saturated heterocycles. The maximum atomic E-state index is 3.76. The maximum absolute atomic E-state index is 3.76. The van der Waals surface area contributed by atoms with Gasteiger partial charge < -0.3 is 5.32 Å². The molecule has 2 aliphatic rings. The summed E-state index contributed by atoms with van der Waals surface area (Å²) in [6, 6.07) is 0.741. The summed E-state index contributed by atoms with van der Waals surface area (Å²) >= 11 is 0. The zero-order valence-electron chi connectivity index (χ0n) is 10.0. The summed E-state index contributed by atoms with van der Waals surface area (Å²) in [6.45, 7) is 7.31. The van der Waals surface area contributed by atoms with Crippen molar-refractivity contribution in [1.29, 1.82) is 0 Å². The van der Waals surface area contributed by atoms with Gasteiger partial charge in [0.1, 0.15) is 0 Å². The molecule has 86 valence electrons. The number of hydrogen-bond donors (Lipinski definition) is 1. The van der Waals surface area contributed by atoms with Crippen molar-refractivity contribution in [2.24, 2.45) is 17.8 Å². The van der Waals surface area contributed by atoms with Crippen LogP contribution in [0.2, 0.25) is 0 Å². The number of allylic oxidation sites excluding steroid dienone is 1. The lowest BCUT2D eigenvalue weighted by atomic mass is 9.84. The summed E-state index contributed by atoms with van der Waals surface area (Å²) in [6.07, 6.45) is 10.5. The molecule has 0 aliphatic heterocycles. The number of fused-ring (bicyclic) bond motifs is 2. The van der Waals surface area contributed by atoms with Crippen LogP contribution in [0.5, 0.6) is 0 Å². The van der Waals surface area contributed by atoms with Crippen molar-refractivity contribution in [3.8, 4) is 0 Å². The Labute approximate surface area is 94.3 Å². The summed E-state index contributed by atoms with van der Waals surface area (Å²) in [5.74, 6) is 3.11. The molecule has 1 nitrogen and oxygen atoms in total. The zero-order chi connectivity index (χ0) is 10.7. The predicted octanol–water partition coefficient (Wildman–Crippen LogP) is 3.37. The summed E-state index contributed by atoms with van der Waals surface area (Å²) in [4.78, 5) is 0. The van der Waals surface area contributed by atoms with Crippen LogP contribution in [0.1, 0.15) is 45.4 Å². The molecule has 0 aromatic carbocycles. The first-order valence-electron chi connectivity index (χ1n) is 6.65. The molecule has 15 heavy (non-hydrogen) atoms. The fraction of sp³-hybridized carbons (Fsp3) is 0.857. The van der Waals surface area contributed by atoms with Crippen molar-refractivity contribution >= 4 is 0 Å². The van der Waals surface area contributed by atoms with E-state index in [0.29, 0.717) is 0 Å². The minimum Gasteiger partial charge on any atom is -0.314 e. The van der Waals surface area contributed by atoms with Gasteiger partial charge in [-0.2, -0.15) is 0 Å². The van der Waals surface area contributed by atoms with Crippen LogP contribution in [0.15, 0.2) is 12.7 Å². The van der Waals surface area contributed by atoms with E-state index in [1.807, 2.05) is 6.08 Å². The van der Waals surface area contributed by atoms with Crippen LogP contribution in [0.4, 0.5) is 0 Å². The van der Waals surface area contributed by atoms with Crippen LogP contribution in [-0.4, -0.2) is 12.6 Å². The van der Waals surface area contributed by atoms with Gasteiger partial charge in [0.2, 0.25) is 0 Å². The molecule has 4 unspecified atom stereocenters. The van der Waals surface area contributed by atoms with Gasteiger partial charge >= 0.3 is 0 Å². The van der Waals surface area contributed by atoms with E-state index in [1.54, 1.807) is 0 Å². The number of rotatable bonds is 6. The van der Waals surface area contributed by atoms with E-state index in [9.17, 15) is 0 Å². The lowest BCUT2D eigenvalue weighted by Crippen LogP contribution is -2.36. The Morgan fingerprint density at radius 3 is 2.87 bits per heavy atom. The van der Waals surface area contributed by atoms with Gasteiger partial charge in [0.15, 0.2) is 0 Å². The first-order valence-corrected chi connectivity index (χ1v) is 6.65. The van der Waals surface area contributed by atoms with Crippen LogP contribution in [0.25, 0.3) is 0 Å². The maximum Gasteiger partial charge on any atom is 0.00697 e. The lowest BCUT2D eigenvalue weighted by Gasteiger charge is -2.28. The number of nitrogens with one attached hydrogen (secondary N) is 1. The standard InChI is InChI=1S/C14H25N/c1-3-4-5-8-15-11(2)14-10-12-6-7-13(14)9-12/h3,11-15H,1,4-10H2,2H3. The molecule has 2 bridgehead atoms. The minimum absolute atomic E-state index is 0.741. The molecular weight excluding hydrogens is 182 g/mol. The molecule has 4 atom stereocenters. The molecule has 2 fully saturated rings. The Kier molecular flexibility index (Phi) is 3.85. The third-order valence-electron chi connectivity index (χ3n) is 4.49. The van der Waals surface area contributed by atoms with Crippen molar-refractivity contribution < 1.29 is 0 Å². The lowest BCUT2D eigenvalue weighted by molar-refractivity contribution is 0.260. The molecule has 0 amide bonds. The molecule has 2 aliphatic carbocycles. The first-order chi connectivity index (χ1) is 7.31. The average Bonchev–Trinajstić information content (AvgIpc) is 2.85. The molecule has 0 heterocycles. The molecule has 1 heteroatoms. The molecule has 2 saturated carbocycles. The van der Waals surface area contributed by atoms with Crippen LogP contribution < -0.4 is 5.32 Å². The van der Waals surface area contributed by atoms with E-state index in [4.69, 9.17) is 0 Å². The smallest absolute Gasteiger partial charge is 0.00697 e. The molecule has 0 spiro atoms. The van der Waals surface area contributed by atoms with Crippen molar-refractivity contribution in [3.05, 3.63) is 12.7 Å². The van der Waals surface area contributed by atoms with Crippen LogP contribution >= 0.6 is 0 Å². The third-order valence-corrected chi connectivity index (χ3v) is 4.49. The molecule has 2 rings (SSSR count). The van der Waals surface area contributed by atoms with Gasteiger partial charge in [0.05, 0.1) is 0 Å².